The summed E-state index contributed by atoms with van der Waals surface area (Å²) in [5.74, 6) is 0.849. The molecular weight excluding hydrogens is 350 g/mol. The number of amides is 1. The summed E-state index contributed by atoms with van der Waals surface area (Å²) in [6.45, 7) is 4.05. The maximum atomic E-state index is 12.5. The molecule has 1 aliphatic heterocycles. The van der Waals surface area contributed by atoms with Crippen LogP contribution >= 0.6 is 0 Å². The minimum atomic E-state index is 0.107. The first-order chi connectivity index (χ1) is 13.6. The van der Waals surface area contributed by atoms with Crippen LogP contribution in [0.1, 0.15) is 18.4 Å². The van der Waals surface area contributed by atoms with E-state index in [4.69, 9.17) is 4.42 Å². The Morgan fingerprint density at radius 1 is 1.11 bits per heavy atom. The molecular formula is C23H25N3O2. The van der Waals surface area contributed by atoms with E-state index >= 15 is 0 Å². The van der Waals surface area contributed by atoms with Gasteiger partial charge in [-0.25, -0.2) is 4.98 Å². The van der Waals surface area contributed by atoms with Gasteiger partial charge in [0.2, 0.25) is 11.8 Å². The molecule has 3 aromatic rings. The lowest BCUT2D eigenvalue weighted by Gasteiger charge is -2.28. The highest BCUT2D eigenvalue weighted by molar-refractivity contribution is 5.93. The average Bonchev–Trinajstić information content (AvgIpc) is 3.24. The lowest BCUT2D eigenvalue weighted by Crippen LogP contribution is -2.35. The zero-order valence-electron chi connectivity index (χ0n) is 16.3. The van der Waals surface area contributed by atoms with Crippen molar-refractivity contribution < 1.29 is 9.21 Å². The highest BCUT2D eigenvalue weighted by Gasteiger charge is 2.23. The summed E-state index contributed by atoms with van der Waals surface area (Å²) in [5.41, 5.74) is 5.20. The molecule has 2 aromatic carbocycles. The fourth-order valence-electron chi connectivity index (χ4n) is 3.68. The Morgan fingerprint density at radius 3 is 2.50 bits per heavy atom. The van der Waals surface area contributed by atoms with E-state index in [-0.39, 0.29) is 11.8 Å². The molecule has 0 spiro atoms. The molecule has 144 valence electrons. The number of likely N-dealkylation sites (tertiary alicyclic amines) is 1. The van der Waals surface area contributed by atoms with Crippen LogP contribution in [0.25, 0.3) is 22.6 Å². The Bertz CT molecular complexity index is 940. The number of piperidine rings is 1. The van der Waals surface area contributed by atoms with Crippen LogP contribution in [0.3, 0.4) is 0 Å². The normalized spacial score (nSPS) is 15.5. The molecule has 1 N–H and O–H groups in total. The van der Waals surface area contributed by atoms with Crippen molar-refractivity contribution in [2.45, 2.75) is 19.8 Å². The molecule has 4 rings (SSSR count). The molecule has 0 saturated carbocycles. The van der Waals surface area contributed by atoms with E-state index < -0.39 is 0 Å². The molecule has 1 amide bonds. The highest BCUT2D eigenvalue weighted by Crippen LogP contribution is 2.30. The van der Waals surface area contributed by atoms with E-state index in [0.717, 1.165) is 48.3 Å². The second kappa shape index (κ2) is 7.98. The van der Waals surface area contributed by atoms with Crippen molar-refractivity contribution in [1.29, 1.82) is 0 Å². The van der Waals surface area contributed by atoms with Crippen LogP contribution in [0, 0.1) is 12.8 Å². The number of nitrogens with zero attached hydrogens (tertiary/aromatic N) is 2. The first-order valence-electron chi connectivity index (χ1n) is 9.70. The highest BCUT2D eigenvalue weighted by atomic mass is 16.3. The number of nitrogens with one attached hydrogen (secondary N) is 1. The molecule has 5 heteroatoms. The van der Waals surface area contributed by atoms with Gasteiger partial charge in [0.15, 0.2) is 0 Å². The third-order valence-electron chi connectivity index (χ3n) is 5.47. The van der Waals surface area contributed by atoms with Crippen molar-refractivity contribution in [1.82, 2.24) is 9.88 Å². The van der Waals surface area contributed by atoms with Crippen LogP contribution in [-0.4, -0.2) is 35.9 Å². The van der Waals surface area contributed by atoms with E-state index in [0.29, 0.717) is 5.89 Å². The molecule has 1 saturated heterocycles. The Morgan fingerprint density at radius 2 is 1.82 bits per heavy atom. The predicted molar refractivity (Wildman–Crippen MR) is 111 cm³/mol. The van der Waals surface area contributed by atoms with Gasteiger partial charge in [-0.2, -0.15) is 0 Å². The molecule has 2 heterocycles. The van der Waals surface area contributed by atoms with Crippen molar-refractivity contribution >= 4 is 11.6 Å². The van der Waals surface area contributed by atoms with Crippen molar-refractivity contribution in [3.05, 3.63) is 60.5 Å². The molecule has 0 bridgehead atoms. The summed E-state index contributed by atoms with van der Waals surface area (Å²) >= 11 is 0. The summed E-state index contributed by atoms with van der Waals surface area (Å²) in [7, 11) is 2.10. The van der Waals surface area contributed by atoms with Crippen LogP contribution < -0.4 is 5.32 Å². The number of carbonyl (C=O) groups excluding carboxylic acids is 1. The molecule has 1 aliphatic rings. The van der Waals surface area contributed by atoms with Gasteiger partial charge >= 0.3 is 0 Å². The molecule has 1 aromatic heterocycles. The summed E-state index contributed by atoms with van der Waals surface area (Å²) in [4.78, 5) is 19.0. The monoisotopic (exact) mass is 375 g/mol. The molecule has 0 atom stereocenters. The van der Waals surface area contributed by atoms with Crippen LogP contribution in [0.2, 0.25) is 0 Å². The molecule has 28 heavy (non-hydrogen) atoms. The fraction of sp³-hybridized carbons (Fsp3) is 0.304. The minimum absolute atomic E-state index is 0.107. The first-order valence-corrected chi connectivity index (χ1v) is 9.70. The standard InChI is InChI=1S/C23H25N3O2/c1-16-3-4-19(23-24-11-14-28-23)15-21(16)17-5-7-20(8-6-17)25-22(27)18-9-12-26(2)13-10-18/h3-8,11,14-15,18H,9-10,12-13H2,1-2H3,(H,25,27). The van der Waals surface area contributed by atoms with Gasteiger partial charge in [0.05, 0.1) is 6.20 Å². The third-order valence-corrected chi connectivity index (χ3v) is 5.47. The number of hydrogen-bond donors (Lipinski definition) is 1. The fourth-order valence-corrected chi connectivity index (χ4v) is 3.68. The number of rotatable bonds is 4. The average molecular weight is 375 g/mol. The summed E-state index contributed by atoms with van der Waals surface area (Å²) < 4.78 is 5.42. The molecule has 1 fully saturated rings. The summed E-state index contributed by atoms with van der Waals surface area (Å²) in [6.07, 6.45) is 5.08. The number of benzene rings is 2. The smallest absolute Gasteiger partial charge is 0.227 e. The number of hydrogen-bond acceptors (Lipinski definition) is 4. The van der Waals surface area contributed by atoms with E-state index in [9.17, 15) is 4.79 Å². The van der Waals surface area contributed by atoms with E-state index in [2.05, 4.69) is 41.3 Å². The summed E-state index contributed by atoms with van der Waals surface area (Å²) in [5, 5.41) is 3.07. The Kier molecular flexibility index (Phi) is 5.26. The quantitative estimate of drug-likeness (QED) is 0.724. The van der Waals surface area contributed by atoms with Crippen molar-refractivity contribution in [3.63, 3.8) is 0 Å². The Balaban J connectivity index is 1.49. The van der Waals surface area contributed by atoms with Gasteiger partial charge in [0, 0.05) is 17.2 Å². The van der Waals surface area contributed by atoms with Gasteiger partial charge in [-0.3, -0.25) is 4.79 Å². The zero-order valence-corrected chi connectivity index (χ0v) is 16.3. The lowest BCUT2D eigenvalue weighted by atomic mass is 9.96. The number of anilines is 1. The first kappa shape index (κ1) is 18.4. The third kappa shape index (κ3) is 3.99. The van der Waals surface area contributed by atoms with Gasteiger partial charge < -0.3 is 14.6 Å². The number of aryl methyl sites for hydroxylation is 1. The van der Waals surface area contributed by atoms with Gasteiger partial charge in [-0.15, -0.1) is 0 Å². The zero-order chi connectivity index (χ0) is 19.5. The van der Waals surface area contributed by atoms with Gasteiger partial charge in [0.1, 0.15) is 6.26 Å². The number of oxazole rings is 1. The molecule has 5 nitrogen and oxygen atoms in total. The number of aromatic nitrogens is 1. The van der Waals surface area contributed by atoms with E-state index in [1.165, 1.54) is 5.56 Å². The van der Waals surface area contributed by atoms with Crippen molar-refractivity contribution in [2.24, 2.45) is 5.92 Å². The van der Waals surface area contributed by atoms with Gasteiger partial charge in [-0.05, 0) is 80.9 Å². The van der Waals surface area contributed by atoms with E-state index in [1.807, 2.05) is 30.3 Å². The Hall–Kier alpha value is -2.92. The molecule has 0 unspecified atom stereocenters. The second-order valence-electron chi connectivity index (χ2n) is 7.51. The van der Waals surface area contributed by atoms with Gasteiger partial charge in [0.25, 0.3) is 0 Å². The van der Waals surface area contributed by atoms with Crippen LogP contribution in [-0.2, 0) is 4.79 Å². The number of carbonyl (C=O) groups is 1. The largest absolute Gasteiger partial charge is 0.445 e. The van der Waals surface area contributed by atoms with Crippen LogP contribution in [0.5, 0.6) is 0 Å². The second-order valence-corrected chi connectivity index (χ2v) is 7.51. The van der Waals surface area contributed by atoms with Crippen molar-refractivity contribution in [2.75, 3.05) is 25.5 Å². The van der Waals surface area contributed by atoms with Crippen LogP contribution in [0.15, 0.2) is 59.3 Å². The lowest BCUT2D eigenvalue weighted by molar-refractivity contribution is -0.121. The maximum absolute atomic E-state index is 12.5. The SMILES string of the molecule is Cc1ccc(-c2ncco2)cc1-c1ccc(NC(=O)C2CCN(C)CC2)cc1. The molecule has 0 aliphatic carbocycles. The maximum Gasteiger partial charge on any atom is 0.227 e. The topological polar surface area (TPSA) is 58.4 Å². The predicted octanol–water partition coefficient (Wildman–Crippen LogP) is 4.60. The molecule has 0 radical (unpaired) electrons. The summed E-state index contributed by atoms with van der Waals surface area (Å²) in [6, 6.07) is 14.2. The van der Waals surface area contributed by atoms with Crippen molar-refractivity contribution in [3.8, 4) is 22.6 Å². The Labute approximate surface area is 165 Å². The van der Waals surface area contributed by atoms with Gasteiger partial charge in [-0.1, -0.05) is 18.2 Å². The van der Waals surface area contributed by atoms with E-state index in [1.54, 1.807) is 12.5 Å². The minimum Gasteiger partial charge on any atom is -0.445 e. The van der Waals surface area contributed by atoms with Crippen LogP contribution in [0.4, 0.5) is 5.69 Å².